The number of benzene rings is 2. The van der Waals surface area contributed by atoms with E-state index in [2.05, 4.69) is 0 Å². The van der Waals surface area contributed by atoms with Crippen LogP contribution in [-0.2, 0) is 28.7 Å². The minimum absolute atomic E-state index is 0.0643. The van der Waals surface area contributed by atoms with Crippen molar-refractivity contribution in [3.05, 3.63) is 69.9 Å². The van der Waals surface area contributed by atoms with Crippen molar-refractivity contribution in [1.82, 2.24) is 4.57 Å². The average molecular weight is 396 g/mol. The topological polar surface area (TPSA) is 31.2 Å². The second-order valence-corrected chi connectivity index (χ2v) is 6.70. The highest BCUT2D eigenvalue weighted by molar-refractivity contribution is 6.31. The van der Waals surface area contributed by atoms with E-state index in [0.717, 1.165) is 34.3 Å². The predicted molar refractivity (Wildman–Crippen MR) is 98.0 cm³/mol. The van der Waals surface area contributed by atoms with Crippen molar-refractivity contribution < 1.29 is 22.7 Å². The largest absolute Gasteiger partial charge is 0.469 e. The summed E-state index contributed by atoms with van der Waals surface area (Å²) in [4.78, 5) is 11.8. The lowest BCUT2D eigenvalue weighted by Crippen LogP contribution is -2.08. The fourth-order valence-corrected chi connectivity index (χ4v) is 3.37. The smallest absolute Gasteiger partial charge is 0.416 e. The molecule has 142 valence electrons. The highest BCUT2D eigenvalue weighted by atomic mass is 35.5. The van der Waals surface area contributed by atoms with Crippen LogP contribution < -0.4 is 0 Å². The van der Waals surface area contributed by atoms with Crippen molar-refractivity contribution in [2.75, 3.05) is 7.11 Å². The van der Waals surface area contributed by atoms with Gasteiger partial charge >= 0.3 is 12.1 Å². The van der Waals surface area contributed by atoms with Crippen LogP contribution in [0.25, 0.3) is 10.9 Å². The SMILES string of the molecule is COC(=O)Cc1c(C)n(Cc2cccc(C(F)(F)F)c2)c2ccc(Cl)cc12. The van der Waals surface area contributed by atoms with Gasteiger partial charge in [-0.05, 0) is 48.4 Å². The molecule has 1 heterocycles. The van der Waals surface area contributed by atoms with Crippen LogP contribution in [0.15, 0.2) is 42.5 Å². The number of rotatable bonds is 4. The number of fused-ring (bicyclic) bond motifs is 1. The number of nitrogens with zero attached hydrogens (tertiary/aromatic N) is 1. The van der Waals surface area contributed by atoms with E-state index in [0.29, 0.717) is 10.6 Å². The Bertz CT molecular complexity index is 1010. The van der Waals surface area contributed by atoms with E-state index < -0.39 is 17.7 Å². The highest BCUT2D eigenvalue weighted by Gasteiger charge is 2.30. The molecule has 0 spiro atoms. The first-order valence-electron chi connectivity index (χ1n) is 8.21. The summed E-state index contributed by atoms with van der Waals surface area (Å²) in [7, 11) is 1.31. The molecule has 7 heteroatoms. The van der Waals surface area contributed by atoms with Crippen LogP contribution in [0.3, 0.4) is 0 Å². The molecular formula is C20H17ClF3NO2. The molecule has 0 aliphatic carbocycles. The van der Waals surface area contributed by atoms with Gasteiger partial charge in [-0.3, -0.25) is 4.79 Å². The zero-order valence-corrected chi connectivity index (χ0v) is 15.5. The number of carbonyl (C=O) groups excluding carboxylic acids is 1. The molecule has 0 aliphatic rings. The molecular weight excluding hydrogens is 379 g/mol. The Labute approximate surface area is 159 Å². The van der Waals surface area contributed by atoms with Crippen LogP contribution in [0.1, 0.15) is 22.4 Å². The third kappa shape index (κ3) is 3.95. The number of hydrogen-bond acceptors (Lipinski definition) is 2. The Balaban J connectivity index is 2.10. The van der Waals surface area contributed by atoms with Gasteiger partial charge in [-0.1, -0.05) is 23.7 Å². The van der Waals surface area contributed by atoms with E-state index >= 15 is 0 Å². The fourth-order valence-electron chi connectivity index (χ4n) is 3.20. The summed E-state index contributed by atoms with van der Waals surface area (Å²) < 4.78 is 45.6. The van der Waals surface area contributed by atoms with Crippen molar-refractivity contribution in [2.24, 2.45) is 0 Å². The van der Waals surface area contributed by atoms with Gasteiger partial charge in [0.05, 0.1) is 19.1 Å². The summed E-state index contributed by atoms with van der Waals surface area (Å²) in [5.74, 6) is -0.392. The molecule has 0 saturated carbocycles. The minimum atomic E-state index is -4.40. The Hall–Kier alpha value is -2.47. The van der Waals surface area contributed by atoms with E-state index in [-0.39, 0.29) is 13.0 Å². The molecule has 0 fully saturated rings. The molecule has 3 nitrogen and oxygen atoms in total. The van der Waals surface area contributed by atoms with Gasteiger partial charge in [0.15, 0.2) is 0 Å². The maximum absolute atomic E-state index is 13.0. The molecule has 0 bridgehead atoms. The standard InChI is InChI=1S/C20H17ClF3NO2/c1-12-16(10-19(26)27-2)17-9-15(21)6-7-18(17)25(12)11-13-4-3-5-14(8-13)20(22,23)24/h3-9H,10-11H2,1-2H3. The summed E-state index contributed by atoms with van der Waals surface area (Å²) >= 11 is 6.10. The number of aromatic nitrogens is 1. The molecule has 3 rings (SSSR count). The summed E-state index contributed by atoms with van der Waals surface area (Å²) in [6, 6.07) is 10.5. The maximum atomic E-state index is 13.0. The van der Waals surface area contributed by atoms with Gasteiger partial charge in [-0.15, -0.1) is 0 Å². The number of esters is 1. The molecule has 27 heavy (non-hydrogen) atoms. The average Bonchev–Trinajstić information content (AvgIpc) is 2.86. The minimum Gasteiger partial charge on any atom is -0.469 e. The Kier molecular flexibility index (Phi) is 5.20. The van der Waals surface area contributed by atoms with Crippen molar-refractivity contribution in [3.8, 4) is 0 Å². The first-order chi connectivity index (χ1) is 12.7. The van der Waals surface area contributed by atoms with Crippen molar-refractivity contribution in [2.45, 2.75) is 26.1 Å². The van der Waals surface area contributed by atoms with Gasteiger partial charge < -0.3 is 9.30 Å². The van der Waals surface area contributed by atoms with Gasteiger partial charge in [-0.25, -0.2) is 0 Å². The first-order valence-corrected chi connectivity index (χ1v) is 8.58. The molecule has 0 unspecified atom stereocenters. The molecule has 0 atom stereocenters. The van der Waals surface area contributed by atoms with Crippen LogP contribution >= 0.6 is 11.6 Å². The van der Waals surface area contributed by atoms with Crippen LogP contribution in [0, 0.1) is 6.92 Å². The zero-order chi connectivity index (χ0) is 19.8. The zero-order valence-electron chi connectivity index (χ0n) is 14.7. The van der Waals surface area contributed by atoms with E-state index in [1.54, 1.807) is 24.3 Å². The van der Waals surface area contributed by atoms with E-state index in [4.69, 9.17) is 16.3 Å². The van der Waals surface area contributed by atoms with Crippen LogP contribution in [0.5, 0.6) is 0 Å². The lowest BCUT2D eigenvalue weighted by Gasteiger charge is -2.12. The summed E-state index contributed by atoms with van der Waals surface area (Å²) in [5.41, 5.74) is 2.17. The van der Waals surface area contributed by atoms with Gasteiger partial charge in [0.2, 0.25) is 0 Å². The molecule has 0 amide bonds. The quantitative estimate of drug-likeness (QED) is 0.555. The van der Waals surface area contributed by atoms with Crippen LogP contribution in [0.4, 0.5) is 13.2 Å². The molecule has 3 aromatic rings. The van der Waals surface area contributed by atoms with Gasteiger partial charge in [-0.2, -0.15) is 13.2 Å². The monoisotopic (exact) mass is 395 g/mol. The van der Waals surface area contributed by atoms with E-state index in [1.807, 2.05) is 11.5 Å². The predicted octanol–water partition coefficient (Wildman–Crippen LogP) is 5.39. The third-order valence-electron chi connectivity index (χ3n) is 4.56. The summed E-state index contributed by atoms with van der Waals surface area (Å²) in [5, 5.41) is 1.31. The van der Waals surface area contributed by atoms with Gasteiger partial charge in [0, 0.05) is 28.2 Å². The Morgan fingerprint density at radius 3 is 2.59 bits per heavy atom. The number of methoxy groups -OCH3 is 1. The number of carbonyl (C=O) groups is 1. The molecule has 2 aromatic carbocycles. The maximum Gasteiger partial charge on any atom is 0.416 e. The number of ether oxygens (including phenoxy) is 1. The number of halogens is 4. The van der Waals surface area contributed by atoms with Gasteiger partial charge in [0.1, 0.15) is 0 Å². The number of alkyl halides is 3. The third-order valence-corrected chi connectivity index (χ3v) is 4.80. The molecule has 1 aromatic heterocycles. The normalized spacial score (nSPS) is 11.8. The molecule has 0 saturated heterocycles. The Morgan fingerprint density at radius 2 is 1.93 bits per heavy atom. The summed E-state index contributed by atoms with van der Waals surface area (Å²) in [6.45, 7) is 2.08. The highest BCUT2D eigenvalue weighted by Crippen LogP contribution is 2.32. The molecule has 0 aliphatic heterocycles. The van der Waals surface area contributed by atoms with Crippen LogP contribution in [-0.4, -0.2) is 17.6 Å². The molecule has 0 radical (unpaired) electrons. The lowest BCUT2D eigenvalue weighted by atomic mass is 10.1. The second-order valence-electron chi connectivity index (χ2n) is 6.26. The second kappa shape index (κ2) is 7.27. The van der Waals surface area contributed by atoms with Crippen molar-refractivity contribution >= 4 is 28.5 Å². The summed E-state index contributed by atoms with van der Waals surface area (Å²) in [6.07, 6.45) is -4.33. The van der Waals surface area contributed by atoms with Crippen molar-refractivity contribution in [1.29, 1.82) is 0 Å². The van der Waals surface area contributed by atoms with E-state index in [1.165, 1.54) is 13.2 Å². The van der Waals surface area contributed by atoms with Crippen molar-refractivity contribution in [3.63, 3.8) is 0 Å². The number of hydrogen-bond donors (Lipinski definition) is 0. The van der Waals surface area contributed by atoms with E-state index in [9.17, 15) is 18.0 Å². The van der Waals surface area contributed by atoms with Gasteiger partial charge in [0.25, 0.3) is 0 Å². The van der Waals surface area contributed by atoms with Crippen LogP contribution in [0.2, 0.25) is 5.02 Å². The molecule has 0 N–H and O–H groups in total. The first kappa shape index (κ1) is 19.3. The fraction of sp³-hybridized carbons (Fsp3) is 0.250. The Morgan fingerprint density at radius 1 is 1.19 bits per heavy atom. The lowest BCUT2D eigenvalue weighted by molar-refractivity contribution is -0.140.